The molecule has 0 saturated carbocycles. The molecule has 15 heavy (non-hydrogen) atoms. The number of methoxy groups -OCH3 is 1. The van der Waals surface area contributed by atoms with Crippen LogP contribution in [0.2, 0.25) is 5.15 Å². The Kier molecular flexibility index (Phi) is 2.63. The standard InChI is InChI=1S/C10H8ClNO2S/c1-5-3-6-4-7(10(13)14-2)15-8(6)9(11)12-5/h3-4H,1-2H3. The summed E-state index contributed by atoms with van der Waals surface area (Å²) < 4.78 is 5.47. The van der Waals surface area contributed by atoms with E-state index in [1.54, 1.807) is 6.07 Å². The molecule has 0 fully saturated rings. The van der Waals surface area contributed by atoms with E-state index in [0.29, 0.717) is 10.0 Å². The number of ether oxygens (including phenoxy) is 1. The summed E-state index contributed by atoms with van der Waals surface area (Å²) >= 11 is 7.27. The van der Waals surface area contributed by atoms with Crippen molar-refractivity contribution in [2.24, 2.45) is 0 Å². The lowest BCUT2D eigenvalue weighted by molar-refractivity contribution is 0.0606. The van der Waals surface area contributed by atoms with Crippen LogP contribution in [0.1, 0.15) is 15.4 Å². The van der Waals surface area contributed by atoms with Crippen molar-refractivity contribution >= 4 is 39.0 Å². The molecule has 78 valence electrons. The normalized spacial score (nSPS) is 10.6. The molecule has 3 nitrogen and oxygen atoms in total. The van der Waals surface area contributed by atoms with Crippen molar-refractivity contribution in [2.75, 3.05) is 7.11 Å². The average molecular weight is 242 g/mol. The minimum Gasteiger partial charge on any atom is -0.465 e. The van der Waals surface area contributed by atoms with Crippen LogP contribution in [0.25, 0.3) is 10.1 Å². The van der Waals surface area contributed by atoms with Gasteiger partial charge < -0.3 is 4.74 Å². The Balaban J connectivity index is 2.65. The first-order valence-electron chi connectivity index (χ1n) is 4.27. The highest BCUT2D eigenvalue weighted by molar-refractivity contribution is 7.21. The summed E-state index contributed by atoms with van der Waals surface area (Å²) in [6.45, 7) is 1.86. The zero-order chi connectivity index (χ0) is 11.0. The van der Waals surface area contributed by atoms with Gasteiger partial charge >= 0.3 is 5.97 Å². The monoisotopic (exact) mass is 241 g/mol. The van der Waals surface area contributed by atoms with Crippen LogP contribution in [0.4, 0.5) is 0 Å². The zero-order valence-corrected chi connectivity index (χ0v) is 9.78. The van der Waals surface area contributed by atoms with Gasteiger partial charge in [0.2, 0.25) is 0 Å². The Bertz CT molecular complexity index is 535. The molecule has 0 aliphatic heterocycles. The summed E-state index contributed by atoms with van der Waals surface area (Å²) in [6.07, 6.45) is 0. The van der Waals surface area contributed by atoms with Gasteiger partial charge in [-0.3, -0.25) is 0 Å². The summed E-state index contributed by atoms with van der Waals surface area (Å²) in [4.78, 5) is 16.0. The SMILES string of the molecule is COC(=O)c1cc2cc(C)nc(Cl)c2s1. The highest BCUT2D eigenvalue weighted by atomic mass is 35.5. The quantitative estimate of drug-likeness (QED) is 0.569. The number of esters is 1. The molecule has 0 saturated heterocycles. The molecule has 2 aromatic heterocycles. The van der Waals surface area contributed by atoms with E-state index in [2.05, 4.69) is 9.72 Å². The van der Waals surface area contributed by atoms with Crippen LogP contribution in [-0.2, 0) is 4.74 Å². The van der Waals surface area contributed by atoms with Gasteiger partial charge in [0.15, 0.2) is 0 Å². The number of thiophene rings is 1. The Morgan fingerprint density at radius 2 is 2.27 bits per heavy atom. The smallest absolute Gasteiger partial charge is 0.348 e. The van der Waals surface area contributed by atoms with E-state index in [-0.39, 0.29) is 5.97 Å². The second-order valence-electron chi connectivity index (χ2n) is 3.08. The van der Waals surface area contributed by atoms with E-state index in [1.165, 1.54) is 18.4 Å². The molecule has 0 N–H and O–H groups in total. The molecule has 0 atom stereocenters. The number of carbonyl (C=O) groups is 1. The van der Waals surface area contributed by atoms with E-state index >= 15 is 0 Å². The predicted octanol–water partition coefficient (Wildman–Crippen LogP) is 3.04. The number of aromatic nitrogens is 1. The van der Waals surface area contributed by atoms with E-state index in [0.717, 1.165) is 15.8 Å². The summed E-state index contributed by atoms with van der Waals surface area (Å²) in [5.41, 5.74) is 0.835. The van der Waals surface area contributed by atoms with Gasteiger partial charge in [0.1, 0.15) is 10.0 Å². The van der Waals surface area contributed by atoms with Crippen LogP contribution in [0.15, 0.2) is 12.1 Å². The Morgan fingerprint density at radius 1 is 1.53 bits per heavy atom. The number of nitrogens with zero attached hydrogens (tertiary/aromatic N) is 1. The maximum Gasteiger partial charge on any atom is 0.348 e. The minimum absolute atomic E-state index is 0.343. The third kappa shape index (κ3) is 1.82. The van der Waals surface area contributed by atoms with Crippen molar-refractivity contribution in [1.29, 1.82) is 0 Å². The molecule has 0 bridgehead atoms. The molecule has 0 aromatic carbocycles. The number of pyridine rings is 1. The van der Waals surface area contributed by atoms with Gasteiger partial charge in [-0.05, 0) is 24.4 Å². The Morgan fingerprint density at radius 3 is 2.93 bits per heavy atom. The van der Waals surface area contributed by atoms with E-state index in [1.807, 2.05) is 13.0 Å². The van der Waals surface area contributed by atoms with Gasteiger partial charge in [-0.15, -0.1) is 11.3 Å². The van der Waals surface area contributed by atoms with Gasteiger partial charge in [-0.2, -0.15) is 0 Å². The van der Waals surface area contributed by atoms with Gasteiger partial charge in [0, 0.05) is 5.69 Å². The van der Waals surface area contributed by atoms with Crippen molar-refractivity contribution in [1.82, 2.24) is 4.98 Å². The van der Waals surface area contributed by atoms with Crippen LogP contribution in [0.5, 0.6) is 0 Å². The van der Waals surface area contributed by atoms with E-state index in [9.17, 15) is 4.79 Å². The average Bonchev–Trinajstić information content (AvgIpc) is 2.60. The van der Waals surface area contributed by atoms with Crippen LogP contribution < -0.4 is 0 Å². The van der Waals surface area contributed by atoms with Crippen molar-refractivity contribution < 1.29 is 9.53 Å². The number of fused-ring (bicyclic) bond motifs is 1. The van der Waals surface area contributed by atoms with Gasteiger partial charge in [0.05, 0.1) is 11.8 Å². The summed E-state index contributed by atoms with van der Waals surface area (Å²) in [7, 11) is 1.36. The van der Waals surface area contributed by atoms with E-state index in [4.69, 9.17) is 11.6 Å². The van der Waals surface area contributed by atoms with Crippen LogP contribution in [0.3, 0.4) is 0 Å². The maximum absolute atomic E-state index is 11.3. The highest BCUT2D eigenvalue weighted by Gasteiger charge is 2.12. The molecule has 5 heteroatoms. The fraction of sp³-hybridized carbons (Fsp3) is 0.200. The molecule has 2 heterocycles. The molecule has 0 aliphatic rings. The fourth-order valence-electron chi connectivity index (χ4n) is 1.34. The van der Waals surface area contributed by atoms with Crippen molar-refractivity contribution in [2.45, 2.75) is 6.92 Å². The molecule has 0 spiro atoms. The lowest BCUT2D eigenvalue weighted by atomic mass is 10.2. The van der Waals surface area contributed by atoms with Crippen molar-refractivity contribution in [3.05, 3.63) is 27.9 Å². The highest BCUT2D eigenvalue weighted by Crippen LogP contribution is 2.31. The van der Waals surface area contributed by atoms with Crippen LogP contribution in [0, 0.1) is 6.92 Å². The molecule has 2 rings (SSSR count). The lowest BCUT2D eigenvalue weighted by Gasteiger charge is -1.94. The molecule has 0 unspecified atom stereocenters. The van der Waals surface area contributed by atoms with Crippen molar-refractivity contribution in [3.8, 4) is 0 Å². The molecule has 0 radical (unpaired) electrons. The summed E-state index contributed by atoms with van der Waals surface area (Å²) in [5.74, 6) is -0.343. The fourth-order valence-corrected chi connectivity index (χ4v) is 2.63. The first-order valence-corrected chi connectivity index (χ1v) is 5.46. The van der Waals surface area contributed by atoms with Crippen LogP contribution >= 0.6 is 22.9 Å². The first-order chi connectivity index (χ1) is 7.11. The number of hydrogen-bond donors (Lipinski definition) is 0. The predicted molar refractivity (Wildman–Crippen MR) is 60.7 cm³/mol. The number of rotatable bonds is 1. The third-order valence-corrected chi connectivity index (χ3v) is 3.50. The van der Waals surface area contributed by atoms with Gasteiger partial charge in [-0.25, -0.2) is 9.78 Å². The number of halogens is 1. The van der Waals surface area contributed by atoms with E-state index < -0.39 is 0 Å². The Labute approximate surface area is 95.6 Å². The van der Waals surface area contributed by atoms with Gasteiger partial charge in [-0.1, -0.05) is 11.6 Å². The molecule has 0 aliphatic carbocycles. The molecular formula is C10H8ClNO2S. The third-order valence-electron chi connectivity index (χ3n) is 1.97. The molecule has 0 amide bonds. The first kappa shape index (κ1) is 10.4. The molecule has 2 aromatic rings. The topological polar surface area (TPSA) is 39.2 Å². The minimum atomic E-state index is -0.343. The maximum atomic E-state index is 11.3. The summed E-state index contributed by atoms with van der Waals surface area (Å²) in [6, 6.07) is 3.66. The van der Waals surface area contributed by atoms with Gasteiger partial charge in [0.25, 0.3) is 0 Å². The summed E-state index contributed by atoms with van der Waals surface area (Å²) in [5, 5.41) is 1.36. The second-order valence-corrected chi connectivity index (χ2v) is 4.49. The van der Waals surface area contributed by atoms with Crippen molar-refractivity contribution in [3.63, 3.8) is 0 Å². The second kappa shape index (κ2) is 3.79. The lowest BCUT2D eigenvalue weighted by Crippen LogP contribution is -1.96. The number of aryl methyl sites for hydroxylation is 1. The largest absolute Gasteiger partial charge is 0.465 e. The number of hydrogen-bond acceptors (Lipinski definition) is 4. The van der Waals surface area contributed by atoms with Crippen LogP contribution in [-0.4, -0.2) is 18.1 Å². The Hall–Kier alpha value is -1.13. The number of carbonyl (C=O) groups excluding carboxylic acids is 1. The molecular weight excluding hydrogens is 234 g/mol. The zero-order valence-electron chi connectivity index (χ0n) is 8.20.